The van der Waals surface area contributed by atoms with Gasteiger partial charge in [0, 0.05) is 17.8 Å². The van der Waals surface area contributed by atoms with Crippen molar-refractivity contribution in [3.8, 4) is 5.75 Å². The van der Waals surface area contributed by atoms with Gasteiger partial charge in [0.1, 0.15) is 18.1 Å². The molecule has 0 aliphatic heterocycles. The van der Waals surface area contributed by atoms with Crippen molar-refractivity contribution in [1.82, 2.24) is 9.55 Å². The summed E-state index contributed by atoms with van der Waals surface area (Å²) < 4.78 is 7.65. The average molecular weight is 450 g/mol. The smallest absolute Gasteiger partial charge is 0.268 e. The van der Waals surface area contributed by atoms with Crippen LogP contribution in [0.1, 0.15) is 34.5 Å². The maximum absolute atomic E-state index is 11.1. The number of aliphatic hydroxyl groups excluding tert-OH is 1. The molecule has 0 fully saturated rings. The van der Waals surface area contributed by atoms with E-state index in [9.17, 15) is 9.90 Å². The molecule has 8 heteroatoms. The summed E-state index contributed by atoms with van der Waals surface area (Å²) in [6.07, 6.45) is 4.74. The number of primary amides is 1. The Bertz CT molecular complexity index is 945. The van der Waals surface area contributed by atoms with Crippen molar-refractivity contribution in [2.75, 3.05) is 0 Å². The molecule has 6 nitrogen and oxygen atoms in total. The zero-order chi connectivity index (χ0) is 20.6. The topological polar surface area (TPSA) is 90.4 Å². The van der Waals surface area contributed by atoms with Gasteiger partial charge in [-0.15, -0.1) is 12.4 Å². The first-order valence-corrected chi connectivity index (χ1v) is 9.84. The zero-order valence-corrected chi connectivity index (χ0v) is 18.0. The summed E-state index contributed by atoms with van der Waals surface area (Å²) in [6, 6.07) is 15.5. The van der Waals surface area contributed by atoms with Gasteiger partial charge in [-0.3, -0.25) is 4.79 Å². The fourth-order valence-corrected chi connectivity index (χ4v) is 3.17. The van der Waals surface area contributed by atoms with Crippen LogP contribution in [-0.2, 0) is 19.6 Å². The van der Waals surface area contributed by atoms with Gasteiger partial charge in [-0.05, 0) is 48.6 Å². The lowest BCUT2D eigenvalue weighted by atomic mass is 10.0. The Balaban J connectivity index is 0.00000320. The standard InChI is InChI=1S/C22H24ClN3O3.ClH/c23-18-10-8-16(9-11-18)14-29-21-7-2-1-4-17(21)5-3-6-19(27)12-26-13-20(22(24)28)25-15-26;/h1-2,4,7-11,13,15,19,27H,3,5-6,12,14H2,(H2,24,28);1H/t19-;/m0./s1. The maximum Gasteiger partial charge on any atom is 0.268 e. The molecular weight excluding hydrogens is 425 g/mol. The van der Waals surface area contributed by atoms with Gasteiger partial charge in [0.15, 0.2) is 0 Å². The number of nitrogens with two attached hydrogens (primary N) is 1. The van der Waals surface area contributed by atoms with Gasteiger partial charge in [0.2, 0.25) is 0 Å². The largest absolute Gasteiger partial charge is 0.489 e. The molecule has 3 aromatic rings. The highest BCUT2D eigenvalue weighted by Gasteiger charge is 2.10. The number of nitrogens with zero attached hydrogens (tertiary/aromatic N) is 2. The van der Waals surface area contributed by atoms with Crippen molar-refractivity contribution in [1.29, 1.82) is 0 Å². The van der Waals surface area contributed by atoms with E-state index in [1.54, 1.807) is 10.8 Å². The van der Waals surface area contributed by atoms with E-state index >= 15 is 0 Å². The SMILES string of the molecule is Cl.NC(=O)c1cn(C[C@@H](O)CCCc2ccccc2OCc2ccc(Cl)cc2)cn1. The molecule has 1 amide bonds. The monoisotopic (exact) mass is 449 g/mol. The van der Waals surface area contributed by atoms with Gasteiger partial charge in [-0.25, -0.2) is 4.98 Å². The Morgan fingerprint density at radius 3 is 2.63 bits per heavy atom. The van der Waals surface area contributed by atoms with Crippen LogP contribution in [0.3, 0.4) is 0 Å². The minimum absolute atomic E-state index is 0. The number of benzene rings is 2. The van der Waals surface area contributed by atoms with E-state index in [-0.39, 0.29) is 18.1 Å². The number of carbonyl (C=O) groups excluding carboxylic acids is 1. The van der Waals surface area contributed by atoms with E-state index in [0.29, 0.717) is 24.6 Å². The molecule has 0 bridgehead atoms. The molecule has 0 saturated carbocycles. The number of hydrogen-bond acceptors (Lipinski definition) is 4. The van der Waals surface area contributed by atoms with Crippen LogP contribution in [0, 0.1) is 0 Å². The number of para-hydroxylation sites is 1. The summed E-state index contributed by atoms with van der Waals surface area (Å²) in [5, 5.41) is 11.0. The number of aliphatic hydroxyl groups is 1. The highest BCUT2D eigenvalue weighted by Crippen LogP contribution is 2.22. The van der Waals surface area contributed by atoms with Crippen LogP contribution in [-0.4, -0.2) is 26.7 Å². The molecule has 1 atom stereocenters. The van der Waals surface area contributed by atoms with Crippen LogP contribution in [0.25, 0.3) is 0 Å². The molecule has 30 heavy (non-hydrogen) atoms. The normalized spacial score (nSPS) is 11.5. The van der Waals surface area contributed by atoms with Crippen LogP contribution in [0.2, 0.25) is 5.02 Å². The fraction of sp³-hybridized carbons (Fsp3) is 0.273. The Kier molecular flexibility index (Phi) is 9.17. The molecule has 0 saturated heterocycles. The number of hydrogen-bond donors (Lipinski definition) is 2. The molecule has 160 valence electrons. The van der Waals surface area contributed by atoms with Crippen LogP contribution >= 0.6 is 24.0 Å². The Morgan fingerprint density at radius 2 is 1.93 bits per heavy atom. The Morgan fingerprint density at radius 1 is 1.20 bits per heavy atom. The molecule has 2 aromatic carbocycles. The van der Waals surface area contributed by atoms with Crippen LogP contribution in [0.4, 0.5) is 0 Å². The minimum Gasteiger partial charge on any atom is -0.489 e. The summed E-state index contributed by atoms with van der Waals surface area (Å²) >= 11 is 5.92. The number of halogens is 2. The number of ether oxygens (including phenoxy) is 1. The van der Waals surface area contributed by atoms with Crippen LogP contribution in [0.15, 0.2) is 61.1 Å². The van der Waals surface area contributed by atoms with Crippen LogP contribution in [0.5, 0.6) is 5.75 Å². The van der Waals surface area contributed by atoms with Gasteiger partial charge in [-0.1, -0.05) is 41.9 Å². The highest BCUT2D eigenvalue weighted by molar-refractivity contribution is 6.30. The Labute approximate surface area is 187 Å². The Hall–Kier alpha value is -2.54. The lowest BCUT2D eigenvalue weighted by molar-refractivity contribution is 0.0995. The molecule has 0 aliphatic rings. The average Bonchev–Trinajstić information content (AvgIpc) is 3.17. The molecular formula is C22H25Cl2N3O3. The third-order valence-corrected chi connectivity index (χ3v) is 4.82. The third kappa shape index (κ3) is 7.06. The first kappa shape index (κ1) is 23.7. The van der Waals surface area contributed by atoms with E-state index < -0.39 is 12.0 Å². The third-order valence-electron chi connectivity index (χ3n) is 4.57. The number of amides is 1. The quantitative estimate of drug-likeness (QED) is 0.488. The van der Waals surface area contributed by atoms with Gasteiger partial charge in [-0.2, -0.15) is 0 Å². The highest BCUT2D eigenvalue weighted by atomic mass is 35.5. The fourth-order valence-electron chi connectivity index (χ4n) is 3.04. The predicted molar refractivity (Wildman–Crippen MR) is 119 cm³/mol. The molecule has 1 aromatic heterocycles. The van der Waals surface area contributed by atoms with E-state index in [0.717, 1.165) is 29.7 Å². The lowest BCUT2D eigenvalue weighted by Gasteiger charge is -2.14. The molecule has 0 unspecified atom stereocenters. The summed E-state index contributed by atoms with van der Waals surface area (Å²) in [6.45, 7) is 0.842. The van der Waals surface area contributed by atoms with Crippen molar-refractivity contribution in [2.45, 2.75) is 38.5 Å². The predicted octanol–water partition coefficient (Wildman–Crippen LogP) is 4.02. The van der Waals surface area contributed by atoms with E-state index in [1.165, 1.54) is 6.33 Å². The molecule has 3 N–H and O–H groups in total. The minimum atomic E-state index is -0.576. The number of aryl methyl sites for hydroxylation is 1. The summed E-state index contributed by atoms with van der Waals surface area (Å²) in [5.74, 6) is 0.270. The van der Waals surface area contributed by atoms with Crippen molar-refractivity contribution in [2.24, 2.45) is 5.73 Å². The molecule has 1 heterocycles. The van der Waals surface area contributed by atoms with E-state index in [2.05, 4.69) is 4.98 Å². The zero-order valence-electron chi connectivity index (χ0n) is 16.4. The number of imidazole rings is 1. The van der Waals surface area contributed by atoms with Crippen LogP contribution < -0.4 is 10.5 Å². The molecule has 0 aliphatic carbocycles. The molecule has 0 radical (unpaired) electrons. The first-order valence-electron chi connectivity index (χ1n) is 9.46. The lowest BCUT2D eigenvalue weighted by Crippen LogP contribution is -2.15. The number of carbonyl (C=O) groups is 1. The summed E-state index contributed by atoms with van der Waals surface area (Å²) in [4.78, 5) is 15.0. The number of aromatic nitrogens is 2. The van der Waals surface area contributed by atoms with E-state index in [1.807, 2.05) is 48.5 Å². The maximum atomic E-state index is 11.1. The molecule has 0 spiro atoms. The van der Waals surface area contributed by atoms with Gasteiger partial charge in [0.05, 0.1) is 12.4 Å². The summed E-state index contributed by atoms with van der Waals surface area (Å²) in [5.41, 5.74) is 7.54. The van der Waals surface area contributed by atoms with Crippen molar-refractivity contribution < 1.29 is 14.6 Å². The number of rotatable bonds is 10. The first-order chi connectivity index (χ1) is 14.0. The van der Waals surface area contributed by atoms with Gasteiger partial charge >= 0.3 is 0 Å². The second-order valence-corrected chi connectivity index (χ2v) is 7.33. The van der Waals surface area contributed by atoms with Gasteiger partial charge in [0.25, 0.3) is 5.91 Å². The van der Waals surface area contributed by atoms with Crippen molar-refractivity contribution in [3.63, 3.8) is 0 Å². The second-order valence-electron chi connectivity index (χ2n) is 6.89. The summed E-state index contributed by atoms with van der Waals surface area (Å²) in [7, 11) is 0. The van der Waals surface area contributed by atoms with E-state index in [4.69, 9.17) is 22.1 Å². The van der Waals surface area contributed by atoms with Gasteiger partial charge < -0.3 is 20.1 Å². The van der Waals surface area contributed by atoms with Crippen molar-refractivity contribution >= 4 is 29.9 Å². The molecule has 3 rings (SSSR count). The second kappa shape index (κ2) is 11.6. The van der Waals surface area contributed by atoms with Crippen molar-refractivity contribution in [3.05, 3.63) is 82.9 Å².